The highest BCUT2D eigenvalue weighted by molar-refractivity contribution is 7.22. The minimum Gasteiger partial charge on any atom is -0.484 e. The van der Waals surface area contributed by atoms with E-state index in [9.17, 15) is 9.59 Å². The fourth-order valence-corrected chi connectivity index (χ4v) is 3.02. The lowest BCUT2D eigenvalue weighted by molar-refractivity contribution is -0.119. The molecule has 6 nitrogen and oxygen atoms in total. The van der Waals surface area contributed by atoms with Gasteiger partial charge in [0.05, 0.1) is 10.2 Å². The molecule has 3 rings (SSSR count). The van der Waals surface area contributed by atoms with Crippen LogP contribution in [-0.4, -0.2) is 23.4 Å². The maximum atomic E-state index is 12.0. The number of thiazole rings is 1. The maximum Gasteiger partial charge on any atom is 0.262 e. The zero-order chi connectivity index (χ0) is 18.5. The topological polar surface area (TPSA) is 80.3 Å². The molecular formula is C19H19N3O3S. The first kappa shape index (κ1) is 17.9. The van der Waals surface area contributed by atoms with E-state index >= 15 is 0 Å². The Morgan fingerprint density at radius 3 is 2.62 bits per heavy atom. The number of hydrogen-bond acceptors (Lipinski definition) is 5. The van der Waals surface area contributed by atoms with Crippen LogP contribution in [0.4, 0.5) is 10.8 Å². The van der Waals surface area contributed by atoms with Crippen LogP contribution in [0.3, 0.4) is 0 Å². The number of ether oxygens (including phenoxy) is 1. The largest absolute Gasteiger partial charge is 0.484 e. The van der Waals surface area contributed by atoms with Crippen molar-refractivity contribution in [3.05, 3.63) is 48.5 Å². The van der Waals surface area contributed by atoms with Gasteiger partial charge >= 0.3 is 0 Å². The molecule has 0 saturated heterocycles. The van der Waals surface area contributed by atoms with Gasteiger partial charge in [-0.15, -0.1) is 0 Å². The minimum atomic E-state index is -0.253. The van der Waals surface area contributed by atoms with Gasteiger partial charge in [-0.25, -0.2) is 4.98 Å². The summed E-state index contributed by atoms with van der Waals surface area (Å²) in [5, 5.41) is 6.13. The van der Waals surface area contributed by atoms with Crippen LogP contribution in [0, 0.1) is 5.92 Å². The van der Waals surface area contributed by atoms with Crippen LogP contribution >= 0.6 is 11.3 Å². The van der Waals surface area contributed by atoms with Gasteiger partial charge in [0.15, 0.2) is 11.7 Å². The standard InChI is InChI=1S/C19H19N3O3S/c1-12(2)18(24)22-19-21-15-10-13(8-9-16(15)26-19)20-17(23)11-25-14-6-4-3-5-7-14/h3-10,12H,11H2,1-2H3,(H,20,23)(H,21,22,24). The lowest BCUT2D eigenvalue weighted by Crippen LogP contribution is -2.20. The van der Waals surface area contributed by atoms with Crippen LogP contribution in [-0.2, 0) is 9.59 Å². The number of benzene rings is 2. The second-order valence-corrected chi connectivity index (χ2v) is 7.03. The van der Waals surface area contributed by atoms with Gasteiger partial charge in [0.1, 0.15) is 5.75 Å². The van der Waals surface area contributed by atoms with Crippen molar-refractivity contribution in [1.82, 2.24) is 4.98 Å². The van der Waals surface area contributed by atoms with Gasteiger partial charge in [-0.3, -0.25) is 9.59 Å². The van der Waals surface area contributed by atoms with Crippen molar-refractivity contribution in [2.45, 2.75) is 13.8 Å². The average molecular weight is 369 g/mol. The third-order valence-corrected chi connectivity index (χ3v) is 4.49. The number of fused-ring (bicyclic) bond motifs is 1. The summed E-state index contributed by atoms with van der Waals surface area (Å²) in [5.41, 5.74) is 1.35. The summed E-state index contributed by atoms with van der Waals surface area (Å²) in [7, 11) is 0. The Morgan fingerprint density at radius 1 is 1.12 bits per heavy atom. The second kappa shape index (κ2) is 7.97. The molecule has 134 valence electrons. The van der Waals surface area contributed by atoms with Gasteiger partial charge in [-0.1, -0.05) is 43.4 Å². The SMILES string of the molecule is CC(C)C(=O)Nc1nc2cc(NC(=O)COc3ccccc3)ccc2s1. The molecule has 0 saturated carbocycles. The first-order valence-electron chi connectivity index (χ1n) is 8.20. The smallest absolute Gasteiger partial charge is 0.262 e. The number of para-hydroxylation sites is 1. The lowest BCUT2D eigenvalue weighted by Gasteiger charge is -2.07. The van der Waals surface area contributed by atoms with Crippen LogP contribution in [0.15, 0.2) is 48.5 Å². The van der Waals surface area contributed by atoms with E-state index in [-0.39, 0.29) is 24.3 Å². The third kappa shape index (κ3) is 4.58. The van der Waals surface area contributed by atoms with Crippen molar-refractivity contribution in [3.63, 3.8) is 0 Å². The van der Waals surface area contributed by atoms with Gasteiger partial charge in [0, 0.05) is 11.6 Å². The Kier molecular flexibility index (Phi) is 5.48. The van der Waals surface area contributed by atoms with E-state index in [1.165, 1.54) is 11.3 Å². The molecule has 1 aromatic heterocycles. The molecule has 0 atom stereocenters. The lowest BCUT2D eigenvalue weighted by atomic mass is 10.2. The van der Waals surface area contributed by atoms with Crippen molar-refractivity contribution in [1.29, 1.82) is 0 Å². The van der Waals surface area contributed by atoms with Crippen LogP contribution in [0.1, 0.15) is 13.8 Å². The number of nitrogens with zero attached hydrogens (tertiary/aromatic N) is 1. The molecule has 2 N–H and O–H groups in total. The molecule has 0 unspecified atom stereocenters. The van der Waals surface area contributed by atoms with Gasteiger partial charge in [-0.05, 0) is 30.3 Å². The molecule has 0 aliphatic rings. The maximum absolute atomic E-state index is 12.0. The molecule has 0 fully saturated rings. The molecule has 0 radical (unpaired) electrons. The van der Waals surface area contributed by atoms with Crippen molar-refractivity contribution < 1.29 is 14.3 Å². The van der Waals surface area contributed by atoms with E-state index in [0.717, 1.165) is 10.2 Å². The van der Waals surface area contributed by atoms with E-state index in [4.69, 9.17) is 4.74 Å². The minimum absolute atomic E-state index is 0.0735. The van der Waals surface area contributed by atoms with Crippen molar-refractivity contribution >= 4 is 44.2 Å². The van der Waals surface area contributed by atoms with Gasteiger partial charge in [0.2, 0.25) is 5.91 Å². The van der Waals surface area contributed by atoms with E-state index < -0.39 is 0 Å². The molecule has 2 aromatic carbocycles. The van der Waals surface area contributed by atoms with Crippen molar-refractivity contribution in [2.75, 3.05) is 17.2 Å². The van der Waals surface area contributed by atoms with Crippen LogP contribution in [0.5, 0.6) is 5.75 Å². The number of nitrogens with one attached hydrogen (secondary N) is 2. The summed E-state index contributed by atoms with van der Waals surface area (Å²) in [6.07, 6.45) is 0. The highest BCUT2D eigenvalue weighted by atomic mass is 32.1. The Balaban J connectivity index is 1.63. The number of hydrogen-bond donors (Lipinski definition) is 2. The number of rotatable bonds is 6. The molecule has 0 aliphatic heterocycles. The number of aromatic nitrogens is 1. The number of anilines is 2. The van der Waals surface area contributed by atoms with Crippen LogP contribution in [0.25, 0.3) is 10.2 Å². The summed E-state index contributed by atoms with van der Waals surface area (Å²) >= 11 is 1.40. The predicted molar refractivity (Wildman–Crippen MR) is 104 cm³/mol. The molecule has 1 heterocycles. The monoisotopic (exact) mass is 369 g/mol. The fraction of sp³-hybridized carbons (Fsp3) is 0.211. The summed E-state index contributed by atoms with van der Waals surface area (Å²) < 4.78 is 6.36. The normalized spacial score (nSPS) is 10.7. The number of carbonyl (C=O) groups excluding carboxylic acids is 2. The van der Waals surface area contributed by atoms with Crippen LogP contribution in [0.2, 0.25) is 0 Å². The van der Waals surface area contributed by atoms with Gasteiger partial charge in [0.25, 0.3) is 5.91 Å². The van der Waals surface area contributed by atoms with Gasteiger partial charge < -0.3 is 15.4 Å². The van der Waals surface area contributed by atoms with Gasteiger partial charge in [-0.2, -0.15) is 0 Å². The first-order chi connectivity index (χ1) is 12.5. The molecule has 3 aromatic rings. The summed E-state index contributed by atoms with van der Waals surface area (Å²) in [6, 6.07) is 14.6. The molecular weight excluding hydrogens is 350 g/mol. The van der Waals surface area contributed by atoms with E-state index in [0.29, 0.717) is 16.6 Å². The highest BCUT2D eigenvalue weighted by Crippen LogP contribution is 2.28. The Hall–Kier alpha value is -2.93. The summed E-state index contributed by atoms with van der Waals surface area (Å²) in [6.45, 7) is 3.58. The van der Waals surface area contributed by atoms with E-state index in [2.05, 4.69) is 15.6 Å². The average Bonchev–Trinajstić information content (AvgIpc) is 3.02. The zero-order valence-corrected chi connectivity index (χ0v) is 15.3. The molecule has 7 heteroatoms. The molecule has 0 spiro atoms. The van der Waals surface area contributed by atoms with E-state index in [1.807, 2.05) is 38.1 Å². The number of amides is 2. The predicted octanol–water partition coefficient (Wildman–Crippen LogP) is 3.91. The quantitative estimate of drug-likeness (QED) is 0.690. The first-order valence-corrected chi connectivity index (χ1v) is 9.02. The Labute approximate surface area is 155 Å². The third-order valence-electron chi connectivity index (χ3n) is 3.54. The van der Waals surface area contributed by atoms with E-state index in [1.54, 1.807) is 24.3 Å². The van der Waals surface area contributed by atoms with Crippen LogP contribution < -0.4 is 15.4 Å². The molecule has 2 amide bonds. The Bertz CT molecular complexity index is 922. The molecule has 0 aliphatic carbocycles. The van der Waals surface area contributed by atoms with Crippen molar-refractivity contribution in [2.24, 2.45) is 5.92 Å². The van der Waals surface area contributed by atoms with Crippen molar-refractivity contribution in [3.8, 4) is 5.75 Å². The fourth-order valence-electron chi connectivity index (χ4n) is 2.17. The summed E-state index contributed by atoms with van der Waals surface area (Å²) in [4.78, 5) is 28.2. The second-order valence-electron chi connectivity index (χ2n) is 6.00. The number of carbonyl (C=O) groups is 2. The molecule has 26 heavy (non-hydrogen) atoms. The zero-order valence-electron chi connectivity index (χ0n) is 14.5. The molecule has 0 bridgehead atoms. The summed E-state index contributed by atoms with van der Waals surface area (Å²) in [5.74, 6) is 0.206. The Morgan fingerprint density at radius 2 is 1.88 bits per heavy atom. The highest BCUT2D eigenvalue weighted by Gasteiger charge is 2.12.